The molecule has 0 unspecified atom stereocenters. The van der Waals surface area contributed by atoms with Gasteiger partial charge >= 0.3 is 0 Å². The molecule has 6 heteroatoms. The predicted octanol–water partition coefficient (Wildman–Crippen LogP) is 2.76. The molecule has 2 N–H and O–H groups in total. The van der Waals surface area contributed by atoms with Crippen LogP contribution in [0, 0.1) is 12.3 Å². The minimum atomic E-state index is 0. The zero-order chi connectivity index (χ0) is 16.7. The van der Waals surface area contributed by atoms with Crippen LogP contribution in [0.3, 0.4) is 0 Å². The molecule has 0 aromatic heterocycles. The van der Waals surface area contributed by atoms with Gasteiger partial charge in [0.05, 0.1) is 26.9 Å². The predicted molar refractivity (Wildman–Crippen MR) is 110 cm³/mol. The monoisotopic (exact) mass is 447 g/mol. The van der Waals surface area contributed by atoms with Crippen molar-refractivity contribution in [3.63, 3.8) is 0 Å². The molecule has 0 amide bonds. The molecule has 0 radical (unpaired) electrons. The molecule has 1 aromatic rings. The summed E-state index contributed by atoms with van der Waals surface area (Å²) in [4.78, 5) is 4.68. The lowest BCUT2D eigenvalue weighted by molar-refractivity contribution is -0.0945. The maximum absolute atomic E-state index is 5.43. The Hall–Kier alpha value is -1.02. The summed E-state index contributed by atoms with van der Waals surface area (Å²) in [7, 11) is 1.72. The number of guanidine groups is 1. The van der Waals surface area contributed by atoms with Gasteiger partial charge in [0.2, 0.25) is 0 Å². The fraction of sp³-hybridized carbons (Fsp3) is 0.611. The smallest absolute Gasteiger partial charge is 0.191 e. The number of benzene rings is 1. The lowest BCUT2D eigenvalue weighted by Gasteiger charge is -2.36. The highest BCUT2D eigenvalue weighted by molar-refractivity contribution is 14.0. The zero-order valence-corrected chi connectivity index (χ0v) is 17.5. The second-order valence-corrected chi connectivity index (χ2v) is 6.49. The van der Waals surface area contributed by atoms with Gasteiger partial charge in [0, 0.05) is 18.5 Å². The molecule has 1 aliphatic heterocycles. The number of nitrogens with one attached hydrogen (secondary N) is 2. The zero-order valence-electron chi connectivity index (χ0n) is 15.1. The Morgan fingerprint density at radius 2 is 2.08 bits per heavy atom. The van der Waals surface area contributed by atoms with Crippen molar-refractivity contribution in [3.05, 3.63) is 29.3 Å². The topological polar surface area (TPSA) is 54.9 Å². The van der Waals surface area contributed by atoms with Gasteiger partial charge in [-0.05, 0) is 31.9 Å². The van der Waals surface area contributed by atoms with E-state index in [9.17, 15) is 0 Å². The summed E-state index contributed by atoms with van der Waals surface area (Å²) in [5, 5.41) is 6.70. The summed E-state index contributed by atoms with van der Waals surface area (Å²) in [6.07, 6.45) is 0.898. The fourth-order valence-electron chi connectivity index (χ4n) is 2.57. The Labute approximate surface area is 162 Å². The van der Waals surface area contributed by atoms with Crippen molar-refractivity contribution in [1.82, 2.24) is 10.6 Å². The van der Waals surface area contributed by atoms with Crippen LogP contribution in [-0.2, 0) is 11.2 Å². The molecule has 1 heterocycles. The third-order valence-electron chi connectivity index (χ3n) is 3.99. The average molecular weight is 447 g/mol. The van der Waals surface area contributed by atoms with Gasteiger partial charge in [0.1, 0.15) is 5.75 Å². The molecule has 1 aliphatic rings. The lowest BCUT2D eigenvalue weighted by Crippen LogP contribution is -2.44. The highest BCUT2D eigenvalue weighted by atomic mass is 127. The molecule has 0 saturated carbocycles. The molecule has 0 bridgehead atoms. The van der Waals surface area contributed by atoms with E-state index in [2.05, 4.69) is 48.5 Å². The van der Waals surface area contributed by atoms with Gasteiger partial charge in [-0.3, -0.25) is 4.99 Å². The summed E-state index contributed by atoms with van der Waals surface area (Å²) in [6.45, 7) is 10.5. The van der Waals surface area contributed by atoms with E-state index in [1.807, 2.05) is 6.07 Å². The van der Waals surface area contributed by atoms with Gasteiger partial charge < -0.3 is 20.1 Å². The molecular formula is C18H30IN3O2. The van der Waals surface area contributed by atoms with Crippen LogP contribution in [0.4, 0.5) is 0 Å². The molecular weight excluding hydrogens is 417 g/mol. The summed E-state index contributed by atoms with van der Waals surface area (Å²) in [5.41, 5.74) is 2.66. The first-order chi connectivity index (χ1) is 11.1. The number of ether oxygens (including phenoxy) is 2. The highest BCUT2D eigenvalue weighted by Crippen LogP contribution is 2.26. The van der Waals surface area contributed by atoms with E-state index in [4.69, 9.17) is 9.47 Å². The molecule has 1 saturated heterocycles. The van der Waals surface area contributed by atoms with Crippen LogP contribution in [-0.4, -0.2) is 45.9 Å². The minimum absolute atomic E-state index is 0. The molecule has 5 nitrogen and oxygen atoms in total. The van der Waals surface area contributed by atoms with Crippen LogP contribution in [0.25, 0.3) is 0 Å². The van der Waals surface area contributed by atoms with Crippen molar-refractivity contribution in [1.29, 1.82) is 0 Å². The van der Waals surface area contributed by atoms with E-state index >= 15 is 0 Å². The fourth-order valence-corrected chi connectivity index (χ4v) is 2.57. The largest absolute Gasteiger partial charge is 0.496 e. The van der Waals surface area contributed by atoms with Gasteiger partial charge in [-0.1, -0.05) is 24.6 Å². The maximum atomic E-state index is 5.43. The number of halogens is 1. The van der Waals surface area contributed by atoms with E-state index in [1.165, 1.54) is 11.1 Å². The number of aliphatic imine (C=N–C) groups is 1. The third-order valence-corrected chi connectivity index (χ3v) is 3.99. The molecule has 2 rings (SSSR count). The Kier molecular flexibility index (Phi) is 8.83. The first kappa shape index (κ1) is 21.0. The van der Waals surface area contributed by atoms with E-state index in [1.54, 1.807) is 7.11 Å². The van der Waals surface area contributed by atoms with Crippen molar-refractivity contribution in [3.8, 4) is 5.75 Å². The van der Waals surface area contributed by atoms with E-state index < -0.39 is 0 Å². The number of hydrogen-bond acceptors (Lipinski definition) is 3. The van der Waals surface area contributed by atoms with Crippen molar-refractivity contribution >= 4 is 29.9 Å². The molecule has 0 aliphatic carbocycles. The standard InChI is InChI=1S/C18H29N3O2.HI/c1-5-19-17(21-11-18(3)12-23-13-18)20-9-8-15-10-14(2)6-7-16(15)22-4;/h6-7,10H,5,8-9,11-13H2,1-4H3,(H2,19,20,21);1H. The van der Waals surface area contributed by atoms with Crippen LogP contribution in [0.5, 0.6) is 5.75 Å². The van der Waals surface area contributed by atoms with Crippen molar-refractivity contribution < 1.29 is 9.47 Å². The second kappa shape index (κ2) is 10.1. The Balaban J connectivity index is 0.00000288. The first-order valence-electron chi connectivity index (χ1n) is 8.30. The number of aryl methyl sites for hydroxylation is 1. The highest BCUT2D eigenvalue weighted by Gasteiger charge is 2.33. The van der Waals surface area contributed by atoms with Gasteiger partial charge in [-0.25, -0.2) is 0 Å². The molecule has 136 valence electrons. The summed E-state index contributed by atoms with van der Waals surface area (Å²) >= 11 is 0. The van der Waals surface area contributed by atoms with E-state index in [0.29, 0.717) is 0 Å². The normalized spacial score (nSPS) is 15.9. The Bertz CT molecular complexity index is 545. The van der Waals surface area contributed by atoms with Crippen molar-refractivity contribution in [2.45, 2.75) is 27.2 Å². The summed E-state index contributed by atoms with van der Waals surface area (Å²) in [5.74, 6) is 1.81. The first-order valence-corrected chi connectivity index (χ1v) is 8.30. The average Bonchev–Trinajstić information content (AvgIpc) is 2.51. The third kappa shape index (κ3) is 6.12. The van der Waals surface area contributed by atoms with Crippen LogP contribution < -0.4 is 15.4 Å². The molecule has 1 aromatic carbocycles. The Morgan fingerprint density at radius 1 is 1.33 bits per heavy atom. The second-order valence-electron chi connectivity index (χ2n) is 6.49. The van der Waals surface area contributed by atoms with Crippen LogP contribution >= 0.6 is 24.0 Å². The van der Waals surface area contributed by atoms with Crippen LogP contribution in [0.1, 0.15) is 25.0 Å². The van der Waals surface area contributed by atoms with Gasteiger partial charge in [0.15, 0.2) is 5.96 Å². The molecule has 24 heavy (non-hydrogen) atoms. The number of rotatable bonds is 7. The van der Waals surface area contributed by atoms with Gasteiger partial charge in [0.25, 0.3) is 0 Å². The lowest BCUT2D eigenvalue weighted by atomic mass is 9.89. The number of hydrogen-bond donors (Lipinski definition) is 2. The van der Waals surface area contributed by atoms with E-state index in [0.717, 1.165) is 51.0 Å². The van der Waals surface area contributed by atoms with Gasteiger partial charge in [-0.15, -0.1) is 24.0 Å². The SMILES string of the molecule is CCNC(=NCC1(C)COC1)NCCc1cc(C)ccc1OC.I. The maximum Gasteiger partial charge on any atom is 0.191 e. The quantitative estimate of drug-likeness (QED) is 0.384. The Morgan fingerprint density at radius 3 is 2.67 bits per heavy atom. The van der Waals surface area contributed by atoms with Crippen molar-refractivity contribution in [2.75, 3.05) is 40.0 Å². The molecule has 0 spiro atoms. The van der Waals surface area contributed by atoms with Crippen molar-refractivity contribution in [2.24, 2.45) is 10.4 Å². The van der Waals surface area contributed by atoms with Gasteiger partial charge in [-0.2, -0.15) is 0 Å². The molecule has 0 atom stereocenters. The number of nitrogens with zero attached hydrogens (tertiary/aromatic N) is 1. The van der Waals surface area contributed by atoms with Crippen LogP contribution in [0.2, 0.25) is 0 Å². The summed E-state index contributed by atoms with van der Waals surface area (Å²) < 4.78 is 10.7. The summed E-state index contributed by atoms with van der Waals surface area (Å²) in [6, 6.07) is 6.28. The molecule has 1 fully saturated rings. The number of methoxy groups -OCH3 is 1. The minimum Gasteiger partial charge on any atom is -0.496 e. The van der Waals surface area contributed by atoms with E-state index in [-0.39, 0.29) is 29.4 Å². The van der Waals surface area contributed by atoms with Crippen LogP contribution in [0.15, 0.2) is 23.2 Å².